The zero-order valence-electron chi connectivity index (χ0n) is 24.5. The molecule has 0 saturated carbocycles. The minimum Gasteiger partial charge on any atom is -0.497 e. The number of anilines is 1. The average Bonchev–Trinajstić information content (AvgIpc) is 3.25. The third-order valence-electron chi connectivity index (χ3n) is 7.74. The van der Waals surface area contributed by atoms with E-state index in [2.05, 4.69) is 5.32 Å². The molecule has 0 spiro atoms. The molecule has 0 radical (unpaired) electrons. The maximum Gasteiger partial charge on any atom is 0.265 e. The predicted molar refractivity (Wildman–Crippen MR) is 168 cm³/mol. The van der Waals surface area contributed by atoms with Crippen LogP contribution in [0.1, 0.15) is 37.3 Å². The van der Waals surface area contributed by atoms with Crippen LogP contribution in [0.3, 0.4) is 0 Å². The maximum atomic E-state index is 14.0. The van der Waals surface area contributed by atoms with E-state index in [1.165, 1.54) is 4.31 Å². The Kier molecular flexibility index (Phi) is 9.31. The highest BCUT2D eigenvalue weighted by Crippen LogP contribution is 2.42. The van der Waals surface area contributed by atoms with E-state index in [1.807, 2.05) is 79.7 Å². The largest absolute Gasteiger partial charge is 0.497 e. The van der Waals surface area contributed by atoms with Crippen molar-refractivity contribution in [3.63, 3.8) is 0 Å². The van der Waals surface area contributed by atoms with Crippen LogP contribution in [0.2, 0.25) is 0 Å². The van der Waals surface area contributed by atoms with Crippen molar-refractivity contribution < 1.29 is 22.7 Å². The summed E-state index contributed by atoms with van der Waals surface area (Å²) in [5, 5.41) is 4.56. The summed E-state index contributed by atoms with van der Waals surface area (Å²) in [6, 6.07) is 27.2. The number of methoxy groups -OCH3 is 1. The van der Waals surface area contributed by atoms with Gasteiger partial charge in [-0.15, -0.1) is 0 Å². The monoisotopic (exact) mass is 599 g/mol. The lowest BCUT2D eigenvalue weighted by Crippen LogP contribution is -2.50. The van der Waals surface area contributed by atoms with Crippen molar-refractivity contribution in [1.29, 1.82) is 0 Å². The van der Waals surface area contributed by atoms with E-state index < -0.39 is 16.1 Å². The SMILES string of the molecule is CCCNC(=O)[C@H](Cc1ccccc1)N(Cc1cccc(OC)c1)C(=O)CCCN1c2cccc3cccc(c23)S1(=O)=O. The van der Waals surface area contributed by atoms with E-state index in [0.29, 0.717) is 41.1 Å². The first kappa shape index (κ1) is 30.1. The van der Waals surface area contributed by atoms with Gasteiger partial charge in [-0.05, 0) is 53.6 Å². The molecule has 1 aliphatic heterocycles. The second-order valence-corrected chi connectivity index (χ2v) is 12.5. The summed E-state index contributed by atoms with van der Waals surface area (Å²) in [6.45, 7) is 2.85. The lowest BCUT2D eigenvalue weighted by atomic mass is 10.0. The van der Waals surface area contributed by atoms with Crippen LogP contribution < -0.4 is 14.4 Å². The number of nitrogens with zero attached hydrogens (tertiary/aromatic N) is 2. The molecule has 4 aromatic carbocycles. The van der Waals surface area contributed by atoms with E-state index in [1.54, 1.807) is 30.2 Å². The fourth-order valence-electron chi connectivity index (χ4n) is 5.60. The molecular weight excluding hydrogens is 562 g/mol. The van der Waals surface area contributed by atoms with Crippen LogP contribution in [0.15, 0.2) is 95.9 Å². The van der Waals surface area contributed by atoms with Crippen LogP contribution in [-0.4, -0.2) is 51.4 Å². The molecule has 4 aromatic rings. The van der Waals surface area contributed by atoms with Crippen LogP contribution in [0.5, 0.6) is 5.75 Å². The highest BCUT2D eigenvalue weighted by atomic mass is 32.2. The van der Waals surface area contributed by atoms with Crippen LogP contribution in [-0.2, 0) is 32.6 Å². The van der Waals surface area contributed by atoms with Crippen LogP contribution in [0.4, 0.5) is 5.69 Å². The number of hydrogen-bond donors (Lipinski definition) is 1. The third-order valence-corrected chi connectivity index (χ3v) is 9.60. The van der Waals surface area contributed by atoms with Crippen molar-refractivity contribution in [1.82, 2.24) is 10.2 Å². The topological polar surface area (TPSA) is 96.0 Å². The Morgan fingerprint density at radius 3 is 2.40 bits per heavy atom. The number of rotatable bonds is 13. The predicted octanol–water partition coefficient (Wildman–Crippen LogP) is 5.30. The molecule has 0 aliphatic carbocycles. The summed E-state index contributed by atoms with van der Waals surface area (Å²) in [5.74, 6) is 0.224. The second-order valence-electron chi connectivity index (χ2n) is 10.7. The van der Waals surface area contributed by atoms with E-state index in [9.17, 15) is 18.0 Å². The molecule has 224 valence electrons. The van der Waals surface area contributed by atoms with Gasteiger partial charge in [0.15, 0.2) is 0 Å². The molecule has 1 aliphatic rings. The molecule has 2 amide bonds. The van der Waals surface area contributed by atoms with Crippen molar-refractivity contribution in [2.75, 3.05) is 24.5 Å². The Bertz CT molecular complexity index is 1700. The number of sulfonamides is 1. The zero-order chi connectivity index (χ0) is 30.4. The number of amides is 2. The molecule has 43 heavy (non-hydrogen) atoms. The number of ether oxygens (including phenoxy) is 1. The molecule has 0 unspecified atom stereocenters. The lowest BCUT2D eigenvalue weighted by molar-refractivity contribution is -0.141. The van der Waals surface area contributed by atoms with Crippen LogP contribution in [0, 0.1) is 0 Å². The number of carbonyl (C=O) groups excluding carboxylic acids is 2. The van der Waals surface area contributed by atoms with Crippen molar-refractivity contribution in [3.05, 3.63) is 102 Å². The van der Waals surface area contributed by atoms with Crippen molar-refractivity contribution in [2.24, 2.45) is 0 Å². The molecule has 9 heteroatoms. The highest BCUT2D eigenvalue weighted by molar-refractivity contribution is 7.93. The van der Waals surface area contributed by atoms with E-state index >= 15 is 0 Å². The molecule has 0 saturated heterocycles. The van der Waals surface area contributed by atoms with E-state index in [-0.39, 0.29) is 31.3 Å². The Labute approximate surface area is 253 Å². The number of benzene rings is 4. The van der Waals surface area contributed by atoms with Crippen LogP contribution in [0.25, 0.3) is 10.8 Å². The van der Waals surface area contributed by atoms with Gasteiger partial charge in [0.25, 0.3) is 10.0 Å². The number of carbonyl (C=O) groups is 2. The minimum absolute atomic E-state index is 0.0780. The molecule has 1 heterocycles. The quantitative estimate of drug-likeness (QED) is 0.225. The lowest BCUT2D eigenvalue weighted by Gasteiger charge is -2.32. The van der Waals surface area contributed by atoms with Gasteiger partial charge in [0.2, 0.25) is 11.8 Å². The summed E-state index contributed by atoms with van der Waals surface area (Å²) in [4.78, 5) is 29.5. The van der Waals surface area contributed by atoms with Crippen molar-refractivity contribution >= 4 is 38.3 Å². The molecule has 0 bridgehead atoms. The standard InChI is InChI=1S/C34H37N3O5S/c1-3-20-35-34(39)30(23-25-11-5-4-6-12-25)36(24-26-13-7-16-28(22-26)42-2)32(38)19-10-21-37-29-17-8-14-27-15-9-18-31(33(27)29)43(37,40)41/h4-9,11-18,22,30H,3,10,19-21,23-24H2,1-2H3,(H,35,39)/t30-/m0/s1. The summed E-state index contributed by atoms with van der Waals surface area (Å²) in [5.41, 5.74) is 2.41. The number of hydrogen-bond acceptors (Lipinski definition) is 5. The van der Waals surface area contributed by atoms with Crippen molar-refractivity contribution in [3.8, 4) is 5.75 Å². The molecular formula is C34H37N3O5S. The van der Waals surface area contributed by atoms with E-state index in [0.717, 1.165) is 22.9 Å². The summed E-state index contributed by atoms with van der Waals surface area (Å²) in [7, 11) is -2.14. The molecule has 1 N–H and O–H groups in total. The first-order chi connectivity index (χ1) is 20.8. The summed E-state index contributed by atoms with van der Waals surface area (Å²) in [6.07, 6.45) is 1.50. The molecule has 0 fully saturated rings. The van der Waals surface area contributed by atoms with Gasteiger partial charge >= 0.3 is 0 Å². The van der Waals surface area contributed by atoms with Crippen LogP contribution >= 0.6 is 0 Å². The molecule has 5 rings (SSSR count). The second kappa shape index (κ2) is 13.3. The van der Waals surface area contributed by atoms with Gasteiger partial charge in [-0.3, -0.25) is 13.9 Å². The van der Waals surface area contributed by atoms with Gasteiger partial charge in [-0.2, -0.15) is 0 Å². The number of nitrogens with one attached hydrogen (secondary N) is 1. The van der Waals surface area contributed by atoms with Crippen molar-refractivity contribution in [2.45, 2.75) is 50.1 Å². The van der Waals surface area contributed by atoms with Gasteiger partial charge in [0, 0.05) is 37.9 Å². The molecule has 0 aromatic heterocycles. The minimum atomic E-state index is -3.72. The van der Waals surface area contributed by atoms with Gasteiger partial charge in [-0.25, -0.2) is 8.42 Å². The van der Waals surface area contributed by atoms with E-state index in [4.69, 9.17) is 4.74 Å². The average molecular weight is 600 g/mol. The summed E-state index contributed by atoms with van der Waals surface area (Å²) < 4.78 is 33.7. The first-order valence-corrected chi connectivity index (χ1v) is 16.1. The maximum absolute atomic E-state index is 14.0. The fraction of sp³-hybridized carbons (Fsp3) is 0.294. The normalized spacial score (nSPS) is 14.0. The summed E-state index contributed by atoms with van der Waals surface area (Å²) >= 11 is 0. The fourth-order valence-corrected chi connectivity index (χ4v) is 7.35. The van der Waals surface area contributed by atoms with Gasteiger partial charge in [0.05, 0.1) is 17.7 Å². The molecule has 1 atom stereocenters. The van der Waals surface area contributed by atoms with Gasteiger partial charge < -0.3 is 15.0 Å². The third kappa shape index (κ3) is 6.51. The highest BCUT2D eigenvalue weighted by Gasteiger charge is 2.36. The Balaban J connectivity index is 1.40. The smallest absolute Gasteiger partial charge is 0.265 e. The van der Waals surface area contributed by atoms with Gasteiger partial charge in [-0.1, -0.05) is 73.7 Å². The first-order valence-electron chi connectivity index (χ1n) is 14.6. The zero-order valence-corrected chi connectivity index (χ0v) is 25.3. The molecule has 8 nitrogen and oxygen atoms in total. The Hall–Kier alpha value is -4.37. The Morgan fingerprint density at radius 1 is 0.930 bits per heavy atom. The van der Waals surface area contributed by atoms with Gasteiger partial charge in [0.1, 0.15) is 11.8 Å². The Morgan fingerprint density at radius 2 is 1.65 bits per heavy atom.